The molecule has 0 bridgehead atoms. The average molecular weight is 260 g/mol. The minimum Gasteiger partial charge on any atom is -0.397 e. The van der Waals surface area contributed by atoms with Crippen LogP contribution in [-0.4, -0.2) is 17.5 Å². The highest BCUT2D eigenvalue weighted by Crippen LogP contribution is 2.20. The maximum absolute atomic E-state index is 11.9. The summed E-state index contributed by atoms with van der Waals surface area (Å²) < 4.78 is 0. The zero-order chi connectivity index (χ0) is 14.6. The fourth-order valence-corrected chi connectivity index (χ4v) is 1.54. The van der Waals surface area contributed by atoms with Gasteiger partial charge in [0.05, 0.1) is 23.0 Å². The molecule has 0 aliphatic heterocycles. The first kappa shape index (κ1) is 14.8. The number of nitriles is 1. The van der Waals surface area contributed by atoms with Gasteiger partial charge in [0.1, 0.15) is 6.04 Å². The highest BCUT2D eigenvalue weighted by Gasteiger charge is 2.19. The van der Waals surface area contributed by atoms with E-state index in [0.717, 1.165) is 0 Å². The summed E-state index contributed by atoms with van der Waals surface area (Å²) in [7, 11) is 0. The van der Waals surface area contributed by atoms with E-state index in [9.17, 15) is 4.79 Å². The Morgan fingerprint density at radius 1 is 1.42 bits per heavy atom. The van der Waals surface area contributed by atoms with E-state index in [1.165, 1.54) is 0 Å². The fraction of sp³-hybridized carbons (Fsp3) is 0.429. The molecular formula is C14H20N4O. The Bertz CT molecular complexity index is 511. The number of nitrogen functional groups attached to an aromatic ring is 1. The van der Waals surface area contributed by atoms with Crippen LogP contribution < -0.4 is 16.4 Å². The second-order valence-corrected chi connectivity index (χ2v) is 5.52. The Labute approximate surface area is 113 Å². The summed E-state index contributed by atoms with van der Waals surface area (Å²) in [5.41, 5.74) is 7.15. The van der Waals surface area contributed by atoms with Gasteiger partial charge in [0.25, 0.3) is 0 Å². The number of nitrogens with zero attached hydrogens (tertiary/aromatic N) is 1. The van der Waals surface area contributed by atoms with Gasteiger partial charge < -0.3 is 16.4 Å². The number of carbonyl (C=O) groups excluding carboxylic acids is 1. The Kier molecular flexibility index (Phi) is 4.38. The van der Waals surface area contributed by atoms with Crippen molar-refractivity contribution in [2.45, 2.75) is 39.3 Å². The number of carbonyl (C=O) groups is 1. The number of benzene rings is 1. The third kappa shape index (κ3) is 4.51. The van der Waals surface area contributed by atoms with Crippen molar-refractivity contribution >= 4 is 17.3 Å². The van der Waals surface area contributed by atoms with Gasteiger partial charge in [-0.3, -0.25) is 4.79 Å². The van der Waals surface area contributed by atoms with Gasteiger partial charge in [0.15, 0.2) is 0 Å². The van der Waals surface area contributed by atoms with Crippen LogP contribution in [0.4, 0.5) is 11.4 Å². The molecule has 1 aromatic carbocycles. The zero-order valence-corrected chi connectivity index (χ0v) is 11.7. The minimum absolute atomic E-state index is 0.101. The Balaban J connectivity index is 2.75. The zero-order valence-electron chi connectivity index (χ0n) is 11.7. The lowest BCUT2D eigenvalue weighted by molar-refractivity contribution is -0.122. The van der Waals surface area contributed by atoms with Gasteiger partial charge in [-0.15, -0.1) is 0 Å². The summed E-state index contributed by atoms with van der Waals surface area (Å²) in [5.74, 6) is -0.101. The Hall–Kier alpha value is -2.22. The molecule has 0 fully saturated rings. The second kappa shape index (κ2) is 5.61. The summed E-state index contributed by atoms with van der Waals surface area (Å²) in [5, 5.41) is 14.7. The standard InChI is InChI=1S/C14H20N4O/c1-9(13(19)18-14(2,3)4)17-12-6-5-10(8-15)7-11(12)16/h5-7,9,17H,16H2,1-4H3,(H,18,19). The smallest absolute Gasteiger partial charge is 0.242 e. The molecule has 0 saturated carbocycles. The lowest BCUT2D eigenvalue weighted by Gasteiger charge is -2.24. The third-order valence-corrected chi connectivity index (χ3v) is 2.44. The highest BCUT2D eigenvalue weighted by atomic mass is 16.2. The molecule has 0 saturated heterocycles. The first-order valence-corrected chi connectivity index (χ1v) is 6.11. The maximum Gasteiger partial charge on any atom is 0.242 e. The molecule has 102 valence electrons. The molecule has 0 spiro atoms. The summed E-state index contributed by atoms with van der Waals surface area (Å²) in [6.45, 7) is 7.54. The Morgan fingerprint density at radius 2 is 2.05 bits per heavy atom. The van der Waals surface area contributed by atoms with Crippen LogP contribution in [0.2, 0.25) is 0 Å². The average Bonchev–Trinajstić information content (AvgIpc) is 2.29. The summed E-state index contributed by atoms with van der Waals surface area (Å²) in [6, 6.07) is 6.55. The van der Waals surface area contributed by atoms with E-state index in [4.69, 9.17) is 11.0 Å². The Morgan fingerprint density at radius 3 is 2.53 bits per heavy atom. The maximum atomic E-state index is 11.9. The summed E-state index contributed by atoms with van der Waals surface area (Å²) in [4.78, 5) is 11.9. The molecule has 0 aliphatic rings. The lowest BCUT2D eigenvalue weighted by atomic mass is 10.1. The molecule has 5 nitrogen and oxygen atoms in total. The molecule has 1 amide bonds. The first-order valence-electron chi connectivity index (χ1n) is 6.11. The van der Waals surface area contributed by atoms with Crippen molar-refractivity contribution in [2.75, 3.05) is 11.1 Å². The largest absolute Gasteiger partial charge is 0.397 e. The number of nitrogens with two attached hydrogens (primary N) is 1. The molecule has 1 atom stereocenters. The van der Waals surface area contributed by atoms with Crippen LogP contribution in [0.25, 0.3) is 0 Å². The van der Waals surface area contributed by atoms with Gasteiger partial charge in [0, 0.05) is 5.54 Å². The van der Waals surface area contributed by atoms with Gasteiger partial charge in [-0.1, -0.05) is 0 Å². The van der Waals surface area contributed by atoms with E-state index < -0.39 is 6.04 Å². The molecule has 1 unspecified atom stereocenters. The van der Waals surface area contributed by atoms with Crippen molar-refractivity contribution in [1.29, 1.82) is 5.26 Å². The van der Waals surface area contributed by atoms with Crippen molar-refractivity contribution in [1.82, 2.24) is 5.32 Å². The first-order chi connectivity index (χ1) is 8.73. The van der Waals surface area contributed by atoms with E-state index in [2.05, 4.69) is 10.6 Å². The fourth-order valence-electron chi connectivity index (χ4n) is 1.54. The van der Waals surface area contributed by atoms with Gasteiger partial charge in [0.2, 0.25) is 5.91 Å². The van der Waals surface area contributed by atoms with Crippen LogP contribution in [0.3, 0.4) is 0 Å². The molecule has 5 heteroatoms. The van der Waals surface area contributed by atoms with Crippen LogP contribution in [-0.2, 0) is 4.79 Å². The quantitative estimate of drug-likeness (QED) is 0.723. The predicted octanol–water partition coefficient (Wildman–Crippen LogP) is 1.86. The van der Waals surface area contributed by atoms with Crippen molar-refractivity contribution in [3.8, 4) is 6.07 Å². The number of nitrogens with one attached hydrogen (secondary N) is 2. The van der Waals surface area contributed by atoms with Crippen LogP contribution in [0.5, 0.6) is 0 Å². The van der Waals surface area contributed by atoms with E-state index in [1.54, 1.807) is 25.1 Å². The predicted molar refractivity (Wildman–Crippen MR) is 76.5 cm³/mol. The van der Waals surface area contributed by atoms with Gasteiger partial charge in [-0.25, -0.2) is 0 Å². The minimum atomic E-state index is -0.408. The number of hydrogen-bond acceptors (Lipinski definition) is 4. The van der Waals surface area contributed by atoms with Gasteiger partial charge in [-0.2, -0.15) is 5.26 Å². The highest BCUT2D eigenvalue weighted by molar-refractivity contribution is 5.86. The van der Waals surface area contributed by atoms with Crippen molar-refractivity contribution in [3.63, 3.8) is 0 Å². The molecule has 0 radical (unpaired) electrons. The number of amides is 1. The molecular weight excluding hydrogens is 240 g/mol. The molecule has 4 N–H and O–H groups in total. The second-order valence-electron chi connectivity index (χ2n) is 5.52. The third-order valence-electron chi connectivity index (χ3n) is 2.44. The van der Waals surface area contributed by atoms with Crippen molar-refractivity contribution in [3.05, 3.63) is 23.8 Å². The summed E-state index contributed by atoms with van der Waals surface area (Å²) >= 11 is 0. The van der Waals surface area contributed by atoms with Crippen LogP contribution in [0.15, 0.2) is 18.2 Å². The van der Waals surface area contributed by atoms with Crippen LogP contribution >= 0.6 is 0 Å². The SMILES string of the molecule is CC(Nc1ccc(C#N)cc1N)C(=O)NC(C)(C)C. The van der Waals surface area contributed by atoms with E-state index in [-0.39, 0.29) is 11.4 Å². The van der Waals surface area contributed by atoms with E-state index in [0.29, 0.717) is 16.9 Å². The number of rotatable bonds is 3. The molecule has 0 aromatic heterocycles. The van der Waals surface area contributed by atoms with E-state index in [1.807, 2.05) is 26.8 Å². The molecule has 0 aliphatic carbocycles. The van der Waals surface area contributed by atoms with Crippen LogP contribution in [0.1, 0.15) is 33.3 Å². The number of hydrogen-bond donors (Lipinski definition) is 3. The van der Waals surface area contributed by atoms with Crippen LogP contribution in [0, 0.1) is 11.3 Å². The van der Waals surface area contributed by atoms with E-state index >= 15 is 0 Å². The summed E-state index contributed by atoms with van der Waals surface area (Å²) in [6.07, 6.45) is 0. The van der Waals surface area contributed by atoms with Crippen molar-refractivity contribution < 1.29 is 4.79 Å². The molecule has 1 aromatic rings. The molecule has 0 heterocycles. The molecule has 19 heavy (non-hydrogen) atoms. The normalized spacial score (nSPS) is 12.4. The van der Waals surface area contributed by atoms with Crippen molar-refractivity contribution in [2.24, 2.45) is 0 Å². The lowest BCUT2D eigenvalue weighted by Crippen LogP contribution is -2.47. The van der Waals surface area contributed by atoms with Gasteiger partial charge in [-0.05, 0) is 45.9 Å². The topological polar surface area (TPSA) is 90.9 Å². The monoisotopic (exact) mass is 260 g/mol. The number of anilines is 2. The molecule has 1 rings (SSSR count). The van der Waals surface area contributed by atoms with Gasteiger partial charge >= 0.3 is 0 Å².